The van der Waals surface area contributed by atoms with Crippen LogP contribution in [0.15, 0.2) is 18.3 Å². The van der Waals surface area contributed by atoms with Crippen molar-refractivity contribution in [2.45, 2.75) is 19.9 Å². The molecule has 1 atom stereocenters. The van der Waals surface area contributed by atoms with Gasteiger partial charge in [0.1, 0.15) is 11.9 Å². The maximum atomic E-state index is 10.5. The van der Waals surface area contributed by atoms with Gasteiger partial charge in [-0.2, -0.15) is 0 Å². The normalized spacial score (nSPS) is 12.2. The highest BCUT2D eigenvalue weighted by Gasteiger charge is 2.09. The Labute approximate surface area is 76.6 Å². The van der Waals surface area contributed by atoms with E-state index in [1.807, 2.05) is 13.0 Å². The molecule has 1 unspecified atom stereocenters. The minimum absolute atomic E-state index is 0.593. The predicted molar refractivity (Wildman–Crippen MR) is 49.7 cm³/mol. The van der Waals surface area contributed by atoms with Crippen molar-refractivity contribution in [2.24, 2.45) is 0 Å². The van der Waals surface area contributed by atoms with Crippen molar-refractivity contribution in [1.29, 1.82) is 0 Å². The first kappa shape index (κ1) is 9.51. The minimum Gasteiger partial charge on any atom is -0.480 e. The summed E-state index contributed by atoms with van der Waals surface area (Å²) in [6.07, 6.45) is 1.65. The number of hydrogen-bond acceptors (Lipinski definition) is 3. The first-order valence-electron chi connectivity index (χ1n) is 4.01. The van der Waals surface area contributed by atoms with Crippen LogP contribution < -0.4 is 5.32 Å². The Hall–Kier alpha value is -1.58. The molecule has 13 heavy (non-hydrogen) atoms. The Morgan fingerprint density at radius 3 is 2.92 bits per heavy atom. The Balaban J connectivity index is 2.69. The van der Waals surface area contributed by atoms with Crippen molar-refractivity contribution in [2.75, 3.05) is 5.32 Å². The van der Waals surface area contributed by atoms with E-state index in [2.05, 4.69) is 10.3 Å². The Kier molecular flexibility index (Phi) is 2.84. The first-order chi connectivity index (χ1) is 6.09. The number of aryl methyl sites for hydroxylation is 1. The summed E-state index contributed by atoms with van der Waals surface area (Å²) in [5, 5.41) is 11.4. The number of nitrogens with zero attached hydrogens (tertiary/aromatic N) is 1. The van der Waals surface area contributed by atoms with Crippen molar-refractivity contribution in [1.82, 2.24) is 4.98 Å². The van der Waals surface area contributed by atoms with Crippen molar-refractivity contribution in [3.63, 3.8) is 0 Å². The van der Waals surface area contributed by atoms with Crippen LogP contribution in [0.3, 0.4) is 0 Å². The average molecular weight is 180 g/mol. The van der Waals surface area contributed by atoms with Gasteiger partial charge in [-0.15, -0.1) is 0 Å². The topological polar surface area (TPSA) is 62.2 Å². The van der Waals surface area contributed by atoms with Gasteiger partial charge in [0, 0.05) is 6.20 Å². The van der Waals surface area contributed by atoms with E-state index in [1.54, 1.807) is 19.2 Å². The zero-order chi connectivity index (χ0) is 9.84. The summed E-state index contributed by atoms with van der Waals surface area (Å²) >= 11 is 0. The van der Waals surface area contributed by atoms with Gasteiger partial charge in [-0.25, -0.2) is 4.98 Å². The van der Waals surface area contributed by atoms with Crippen molar-refractivity contribution < 1.29 is 9.90 Å². The third kappa shape index (κ3) is 2.74. The van der Waals surface area contributed by atoms with Crippen LogP contribution in [-0.4, -0.2) is 22.1 Å². The van der Waals surface area contributed by atoms with Crippen molar-refractivity contribution in [3.05, 3.63) is 23.9 Å². The number of pyridine rings is 1. The largest absolute Gasteiger partial charge is 0.480 e. The van der Waals surface area contributed by atoms with E-state index in [0.29, 0.717) is 5.82 Å². The van der Waals surface area contributed by atoms with E-state index in [0.717, 1.165) is 5.56 Å². The first-order valence-corrected chi connectivity index (χ1v) is 4.01. The second kappa shape index (κ2) is 3.89. The number of aliphatic carboxylic acids is 1. The highest BCUT2D eigenvalue weighted by atomic mass is 16.4. The maximum absolute atomic E-state index is 10.5. The summed E-state index contributed by atoms with van der Waals surface area (Å²) in [4.78, 5) is 14.5. The zero-order valence-corrected chi connectivity index (χ0v) is 7.61. The summed E-state index contributed by atoms with van der Waals surface area (Å²) in [6.45, 7) is 3.50. The van der Waals surface area contributed by atoms with E-state index in [9.17, 15) is 4.79 Å². The molecule has 1 aromatic rings. The molecule has 0 saturated carbocycles. The standard InChI is InChI=1S/C9H12N2O2/c1-6-3-4-10-8(5-6)11-7(2)9(12)13/h3-5,7H,1-2H3,(H,10,11)(H,12,13). The molecule has 0 aromatic carbocycles. The molecule has 0 radical (unpaired) electrons. The quantitative estimate of drug-likeness (QED) is 0.735. The Morgan fingerprint density at radius 1 is 1.69 bits per heavy atom. The summed E-state index contributed by atoms with van der Waals surface area (Å²) < 4.78 is 0. The van der Waals surface area contributed by atoms with Crippen LogP contribution in [0.1, 0.15) is 12.5 Å². The average Bonchev–Trinajstić information content (AvgIpc) is 2.04. The van der Waals surface area contributed by atoms with Gasteiger partial charge in [0.2, 0.25) is 0 Å². The number of anilines is 1. The molecular formula is C9H12N2O2. The fourth-order valence-electron chi connectivity index (χ4n) is 0.899. The van der Waals surface area contributed by atoms with Crippen molar-refractivity contribution >= 4 is 11.8 Å². The third-order valence-electron chi connectivity index (χ3n) is 1.65. The van der Waals surface area contributed by atoms with Gasteiger partial charge in [-0.05, 0) is 31.5 Å². The summed E-state index contributed by atoms with van der Waals surface area (Å²) in [7, 11) is 0. The number of carbonyl (C=O) groups is 1. The van der Waals surface area contributed by atoms with Gasteiger partial charge in [-0.1, -0.05) is 0 Å². The number of rotatable bonds is 3. The second-order valence-electron chi connectivity index (χ2n) is 2.92. The van der Waals surface area contributed by atoms with Gasteiger partial charge in [0.15, 0.2) is 0 Å². The molecule has 0 amide bonds. The molecule has 4 nitrogen and oxygen atoms in total. The minimum atomic E-state index is -0.886. The summed E-state index contributed by atoms with van der Waals surface area (Å²) in [5.74, 6) is -0.293. The molecule has 0 fully saturated rings. The predicted octanol–water partition coefficient (Wildman–Crippen LogP) is 1.28. The molecule has 0 spiro atoms. The van der Waals surface area contributed by atoms with Crippen LogP contribution in [0.4, 0.5) is 5.82 Å². The molecule has 0 aliphatic heterocycles. The van der Waals surface area contributed by atoms with Gasteiger partial charge in [0.05, 0.1) is 0 Å². The summed E-state index contributed by atoms with van der Waals surface area (Å²) in [5.41, 5.74) is 1.05. The molecule has 4 heteroatoms. The maximum Gasteiger partial charge on any atom is 0.325 e. The molecule has 70 valence electrons. The fraction of sp³-hybridized carbons (Fsp3) is 0.333. The summed E-state index contributed by atoms with van der Waals surface area (Å²) in [6, 6.07) is 3.05. The molecule has 1 aromatic heterocycles. The highest BCUT2D eigenvalue weighted by Crippen LogP contribution is 2.06. The third-order valence-corrected chi connectivity index (χ3v) is 1.65. The van der Waals surface area contributed by atoms with Crippen LogP contribution in [0, 0.1) is 6.92 Å². The fourth-order valence-corrected chi connectivity index (χ4v) is 0.899. The van der Waals surface area contributed by atoms with Gasteiger partial charge < -0.3 is 10.4 Å². The van der Waals surface area contributed by atoms with Gasteiger partial charge >= 0.3 is 5.97 Å². The monoisotopic (exact) mass is 180 g/mol. The van der Waals surface area contributed by atoms with E-state index in [-0.39, 0.29) is 0 Å². The SMILES string of the molecule is Cc1ccnc(NC(C)C(=O)O)c1. The van der Waals surface area contributed by atoms with Gasteiger partial charge in [0.25, 0.3) is 0 Å². The van der Waals surface area contributed by atoms with Crippen LogP contribution in [0.25, 0.3) is 0 Å². The molecule has 0 bridgehead atoms. The lowest BCUT2D eigenvalue weighted by atomic mass is 10.3. The number of nitrogens with one attached hydrogen (secondary N) is 1. The molecule has 0 aliphatic rings. The lowest BCUT2D eigenvalue weighted by Crippen LogP contribution is -2.25. The molecule has 0 saturated heterocycles. The Bertz CT molecular complexity index is 312. The van der Waals surface area contributed by atoms with Crippen LogP contribution in [0.2, 0.25) is 0 Å². The smallest absolute Gasteiger partial charge is 0.325 e. The van der Waals surface area contributed by atoms with E-state index < -0.39 is 12.0 Å². The van der Waals surface area contributed by atoms with Crippen LogP contribution in [-0.2, 0) is 4.79 Å². The van der Waals surface area contributed by atoms with Crippen molar-refractivity contribution in [3.8, 4) is 0 Å². The van der Waals surface area contributed by atoms with E-state index in [1.165, 1.54) is 0 Å². The number of hydrogen-bond donors (Lipinski definition) is 2. The number of carboxylic acids is 1. The lowest BCUT2D eigenvalue weighted by Gasteiger charge is -2.09. The molecule has 1 heterocycles. The zero-order valence-electron chi connectivity index (χ0n) is 7.61. The van der Waals surface area contributed by atoms with E-state index >= 15 is 0 Å². The lowest BCUT2D eigenvalue weighted by molar-refractivity contribution is -0.137. The molecule has 0 aliphatic carbocycles. The van der Waals surface area contributed by atoms with E-state index in [4.69, 9.17) is 5.11 Å². The molecular weight excluding hydrogens is 168 g/mol. The Morgan fingerprint density at radius 2 is 2.38 bits per heavy atom. The molecule has 2 N–H and O–H groups in total. The van der Waals surface area contributed by atoms with Gasteiger partial charge in [-0.3, -0.25) is 4.79 Å². The number of carboxylic acid groups (broad SMARTS) is 1. The highest BCUT2D eigenvalue weighted by molar-refractivity contribution is 5.76. The molecule has 1 rings (SSSR count). The van der Waals surface area contributed by atoms with Crippen LogP contribution in [0.5, 0.6) is 0 Å². The second-order valence-corrected chi connectivity index (χ2v) is 2.92. The van der Waals surface area contributed by atoms with Crippen LogP contribution >= 0.6 is 0 Å². The number of aromatic nitrogens is 1.